The molecule has 0 N–H and O–H groups in total. The number of ether oxygens (including phenoxy) is 1. The molecule has 0 radical (unpaired) electrons. The summed E-state index contributed by atoms with van der Waals surface area (Å²) in [6.45, 7) is 0. The predicted molar refractivity (Wildman–Crippen MR) is 114 cm³/mol. The van der Waals surface area contributed by atoms with Gasteiger partial charge < -0.3 is 4.74 Å². The van der Waals surface area contributed by atoms with E-state index in [4.69, 9.17) is 16.6 Å². The van der Waals surface area contributed by atoms with Crippen LogP contribution in [0.5, 0.6) is 0 Å². The summed E-state index contributed by atoms with van der Waals surface area (Å²) in [5, 5.41) is 0.570. The molecule has 1 aliphatic carbocycles. The molecular formula is C23H20ClNO4S. The number of aromatic nitrogens is 1. The van der Waals surface area contributed by atoms with Gasteiger partial charge in [-0.25, -0.2) is 8.42 Å². The Morgan fingerprint density at radius 2 is 1.87 bits per heavy atom. The highest BCUT2D eigenvalue weighted by molar-refractivity contribution is 7.91. The topological polar surface area (TPSA) is 73.3 Å². The van der Waals surface area contributed by atoms with Gasteiger partial charge in [0.15, 0.2) is 0 Å². The number of halogens is 1. The lowest BCUT2D eigenvalue weighted by atomic mass is 10.1. The number of nitrogens with zero attached hydrogens (tertiary/aromatic N) is 1. The standard InChI is InChI=1S/C23H20ClNO4S/c1-29-23(26)12-15-8-10-18(11-9-15)30(27,28)22-14-21(16-4-2-5-17(24)13-16)25-20-7-3-6-19(20)22/h2,4-5,8-11,13-14H,3,6-7,12H2,1H3. The molecule has 7 heteroatoms. The molecule has 4 rings (SSSR count). The molecule has 1 aromatic heterocycles. The van der Waals surface area contributed by atoms with Gasteiger partial charge in [-0.05, 0) is 60.7 Å². The van der Waals surface area contributed by atoms with Gasteiger partial charge in [0.1, 0.15) is 0 Å². The Bertz CT molecular complexity index is 1220. The highest BCUT2D eigenvalue weighted by Crippen LogP contribution is 2.34. The quantitative estimate of drug-likeness (QED) is 0.547. The lowest BCUT2D eigenvalue weighted by Gasteiger charge is -2.13. The lowest BCUT2D eigenvalue weighted by molar-refractivity contribution is -0.139. The minimum Gasteiger partial charge on any atom is -0.469 e. The Morgan fingerprint density at radius 1 is 1.10 bits per heavy atom. The second kappa shape index (κ2) is 8.20. The average molecular weight is 442 g/mol. The maximum absolute atomic E-state index is 13.5. The van der Waals surface area contributed by atoms with E-state index in [1.54, 1.807) is 30.3 Å². The number of aryl methyl sites for hydroxylation is 1. The number of carbonyl (C=O) groups excluding carboxylic acids is 1. The third kappa shape index (κ3) is 3.98. The molecule has 1 heterocycles. The van der Waals surface area contributed by atoms with Crippen LogP contribution in [0.3, 0.4) is 0 Å². The summed E-state index contributed by atoms with van der Waals surface area (Å²) in [6.07, 6.45) is 2.42. The average Bonchev–Trinajstić information content (AvgIpc) is 3.22. The molecule has 3 aromatic rings. The normalized spacial score (nSPS) is 13.1. The van der Waals surface area contributed by atoms with Crippen molar-refractivity contribution in [2.75, 3.05) is 7.11 Å². The van der Waals surface area contributed by atoms with Crippen molar-refractivity contribution in [2.45, 2.75) is 35.5 Å². The van der Waals surface area contributed by atoms with E-state index < -0.39 is 9.84 Å². The summed E-state index contributed by atoms with van der Waals surface area (Å²) in [4.78, 5) is 16.6. The van der Waals surface area contributed by atoms with E-state index in [0.29, 0.717) is 27.6 Å². The van der Waals surface area contributed by atoms with Gasteiger partial charge in [0, 0.05) is 16.3 Å². The van der Waals surface area contributed by atoms with Gasteiger partial charge in [-0.15, -0.1) is 0 Å². The number of rotatable bonds is 5. The zero-order valence-electron chi connectivity index (χ0n) is 16.4. The van der Waals surface area contributed by atoms with Crippen LogP contribution in [-0.4, -0.2) is 26.5 Å². The van der Waals surface area contributed by atoms with Crippen LogP contribution in [0.2, 0.25) is 5.02 Å². The molecule has 0 unspecified atom stereocenters. The molecule has 5 nitrogen and oxygen atoms in total. The Balaban J connectivity index is 1.78. The van der Waals surface area contributed by atoms with Crippen LogP contribution in [0.15, 0.2) is 64.4 Å². The molecule has 154 valence electrons. The van der Waals surface area contributed by atoms with E-state index in [2.05, 4.69) is 4.74 Å². The number of carbonyl (C=O) groups is 1. The fourth-order valence-electron chi connectivity index (χ4n) is 3.69. The van der Waals surface area contributed by atoms with Crippen LogP contribution in [0.4, 0.5) is 0 Å². The van der Waals surface area contributed by atoms with Crippen LogP contribution in [0.1, 0.15) is 23.2 Å². The summed E-state index contributed by atoms with van der Waals surface area (Å²) in [7, 11) is -2.42. The number of esters is 1. The number of fused-ring (bicyclic) bond motifs is 1. The van der Waals surface area contributed by atoms with E-state index in [1.807, 2.05) is 12.1 Å². The van der Waals surface area contributed by atoms with Crippen molar-refractivity contribution in [2.24, 2.45) is 0 Å². The monoisotopic (exact) mass is 441 g/mol. The van der Waals surface area contributed by atoms with Crippen molar-refractivity contribution in [1.29, 1.82) is 0 Å². The van der Waals surface area contributed by atoms with Gasteiger partial charge in [-0.1, -0.05) is 35.9 Å². The fourth-order valence-corrected chi connectivity index (χ4v) is 5.44. The van der Waals surface area contributed by atoms with E-state index in [0.717, 1.165) is 29.7 Å². The maximum Gasteiger partial charge on any atom is 0.309 e. The first-order valence-electron chi connectivity index (χ1n) is 9.58. The van der Waals surface area contributed by atoms with E-state index in [1.165, 1.54) is 19.2 Å². The molecule has 0 spiro atoms. The van der Waals surface area contributed by atoms with Crippen LogP contribution in [0, 0.1) is 0 Å². The summed E-state index contributed by atoms with van der Waals surface area (Å²) in [5.41, 5.74) is 3.69. The first-order valence-corrected chi connectivity index (χ1v) is 11.4. The summed E-state index contributed by atoms with van der Waals surface area (Å²) >= 11 is 6.12. The number of pyridine rings is 1. The lowest BCUT2D eigenvalue weighted by Crippen LogP contribution is -2.09. The van der Waals surface area contributed by atoms with Gasteiger partial charge in [-0.2, -0.15) is 0 Å². The maximum atomic E-state index is 13.5. The number of sulfone groups is 1. The van der Waals surface area contributed by atoms with E-state index in [9.17, 15) is 13.2 Å². The zero-order chi connectivity index (χ0) is 21.3. The Labute approximate surface area is 180 Å². The van der Waals surface area contributed by atoms with Crippen LogP contribution in [-0.2, 0) is 38.6 Å². The molecule has 0 atom stereocenters. The van der Waals surface area contributed by atoms with Crippen molar-refractivity contribution < 1.29 is 17.9 Å². The van der Waals surface area contributed by atoms with Crippen molar-refractivity contribution in [3.8, 4) is 11.3 Å². The van der Waals surface area contributed by atoms with Gasteiger partial charge in [0.2, 0.25) is 9.84 Å². The molecule has 0 aliphatic heterocycles. The largest absolute Gasteiger partial charge is 0.469 e. The first-order chi connectivity index (χ1) is 14.4. The summed E-state index contributed by atoms with van der Waals surface area (Å²) in [6, 6.07) is 15.2. The molecule has 0 amide bonds. The highest BCUT2D eigenvalue weighted by Gasteiger charge is 2.27. The smallest absolute Gasteiger partial charge is 0.309 e. The van der Waals surface area contributed by atoms with Gasteiger partial charge in [0.05, 0.1) is 29.0 Å². The van der Waals surface area contributed by atoms with Gasteiger partial charge in [0.25, 0.3) is 0 Å². The molecule has 30 heavy (non-hydrogen) atoms. The molecule has 0 fully saturated rings. The van der Waals surface area contributed by atoms with Crippen molar-refractivity contribution in [3.05, 3.63) is 76.4 Å². The second-order valence-corrected chi connectivity index (χ2v) is 9.55. The molecule has 0 bridgehead atoms. The summed E-state index contributed by atoms with van der Waals surface area (Å²) in [5.74, 6) is -0.372. The molecule has 1 aliphatic rings. The SMILES string of the molecule is COC(=O)Cc1ccc(S(=O)(=O)c2cc(-c3cccc(Cl)c3)nc3c2CCC3)cc1. The Morgan fingerprint density at radius 3 is 2.57 bits per heavy atom. The van der Waals surface area contributed by atoms with E-state index >= 15 is 0 Å². The van der Waals surface area contributed by atoms with Crippen molar-refractivity contribution in [1.82, 2.24) is 4.98 Å². The Kier molecular flexibility index (Phi) is 5.62. The van der Waals surface area contributed by atoms with Crippen molar-refractivity contribution in [3.63, 3.8) is 0 Å². The van der Waals surface area contributed by atoms with Gasteiger partial charge >= 0.3 is 5.97 Å². The minimum atomic E-state index is -3.74. The van der Waals surface area contributed by atoms with Crippen LogP contribution in [0.25, 0.3) is 11.3 Å². The minimum absolute atomic E-state index is 0.0976. The van der Waals surface area contributed by atoms with Crippen molar-refractivity contribution >= 4 is 27.4 Å². The molecular weight excluding hydrogens is 422 g/mol. The highest BCUT2D eigenvalue weighted by atomic mass is 35.5. The summed E-state index contributed by atoms with van der Waals surface area (Å²) < 4.78 is 31.6. The van der Waals surface area contributed by atoms with Gasteiger partial charge in [-0.3, -0.25) is 9.78 Å². The molecule has 0 saturated heterocycles. The number of methoxy groups -OCH3 is 1. The number of benzene rings is 2. The second-order valence-electron chi connectivity index (χ2n) is 7.20. The first kappa shape index (κ1) is 20.6. The van der Waals surface area contributed by atoms with E-state index in [-0.39, 0.29) is 17.3 Å². The predicted octanol–water partition coefficient (Wildman–Crippen LogP) is 4.44. The molecule has 0 saturated carbocycles. The number of hydrogen-bond donors (Lipinski definition) is 0. The third-order valence-electron chi connectivity index (χ3n) is 5.23. The zero-order valence-corrected chi connectivity index (χ0v) is 18.0. The number of hydrogen-bond acceptors (Lipinski definition) is 5. The third-order valence-corrected chi connectivity index (χ3v) is 7.30. The Hall–Kier alpha value is -2.70. The molecule has 2 aromatic carbocycles. The van der Waals surface area contributed by atoms with Crippen LogP contribution >= 0.6 is 11.6 Å². The fraction of sp³-hybridized carbons (Fsp3) is 0.217. The van der Waals surface area contributed by atoms with Crippen LogP contribution < -0.4 is 0 Å².